The van der Waals surface area contributed by atoms with Crippen molar-refractivity contribution >= 4 is 0 Å². The minimum absolute atomic E-state index is 0.177. The van der Waals surface area contributed by atoms with E-state index in [0.717, 1.165) is 25.0 Å². The molecule has 2 N–H and O–H groups in total. The Morgan fingerprint density at radius 2 is 2.00 bits per heavy atom. The molecule has 0 saturated carbocycles. The first-order chi connectivity index (χ1) is 7.24. The van der Waals surface area contributed by atoms with E-state index in [4.69, 9.17) is 4.74 Å². The van der Waals surface area contributed by atoms with Crippen molar-refractivity contribution in [1.82, 2.24) is 0 Å². The van der Waals surface area contributed by atoms with Crippen LogP contribution < -0.4 is 0 Å². The first-order valence-electron chi connectivity index (χ1n) is 5.32. The molecule has 0 radical (unpaired) electrons. The van der Waals surface area contributed by atoms with Gasteiger partial charge in [0.25, 0.3) is 0 Å². The van der Waals surface area contributed by atoms with Crippen LogP contribution in [0.4, 0.5) is 0 Å². The van der Waals surface area contributed by atoms with Crippen LogP contribution in [-0.2, 0) is 11.2 Å². The van der Waals surface area contributed by atoms with Crippen LogP contribution in [0, 0.1) is 0 Å². The number of hydrogen-bond donors (Lipinski definition) is 2. The Morgan fingerprint density at radius 3 is 2.73 bits per heavy atom. The number of phenols is 2. The third kappa shape index (κ3) is 4.21. The molecule has 0 aliphatic rings. The zero-order valence-corrected chi connectivity index (χ0v) is 9.07. The Morgan fingerprint density at radius 1 is 1.20 bits per heavy atom. The zero-order chi connectivity index (χ0) is 11.1. The van der Waals surface area contributed by atoms with Gasteiger partial charge in [-0.2, -0.15) is 0 Å². The highest BCUT2D eigenvalue weighted by atomic mass is 16.5. The molecule has 3 nitrogen and oxygen atoms in total. The second kappa shape index (κ2) is 6.30. The number of phenolic OH excluding ortho intramolecular Hbond substituents is 2. The van der Waals surface area contributed by atoms with Crippen LogP contribution >= 0.6 is 0 Å². The molecular weight excluding hydrogens is 192 g/mol. The fraction of sp³-hybridized carbons (Fsp3) is 0.500. The molecule has 0 heterocycles. The van der Waals surface area contributed by atoms with Gasteiger partial charge in [0, 0.05) is 6.61 Å². The smallest absolute Gasteiger partial charge is 0.119 e. The van der Waals surface area contributed by atoms with Gasteiger partial charge < -0.3 is 14.9 Å². The average molecular weight is 210 g/mol. The molecule has 3 heteroatoms. The molecule has 15 heavy (non-hydrogen) atoms. The van der Waals surface area contributed by atoms with Gasteiger partial charge in [0.2, 0.25) is 0 Å². The molecule has 0 aromatic heterocycles. The van der Waals surface area contributed by atoms with Crippen LogP contribution in [0.25, 0.3) is 0 Å². The molecule has 0 atom stereocenters. The Labute approximate surface area is 90.3 Å². The fourth-order valence-electron chi connectivity index (χ4n) is 1.30. The summed E-state index contributed by atoms with van der Waals surface area (Å²) in [6, 6.07) is 4.53. The minimum atomic E-state index is 0.177. The van der Waals surface area contributed by atoms with Crippen molar-refractivity contribution in [3.05, 3.63) is 23.8 Å². The lowest BCUT2D eigenvalue weighted by Crippen LogP contribution is -2.00. The highest BCUT2D eigenvalue weighted by Crippen LogP contribution is 2.22. The molecule has 0 aliphatic carbocycles. The summed E-state index contributed by atoms with van der Waals surface area (Å²) in [6.45, 7) is 3.46. The van der Waals surface area contributed by atoms with Gasteiger partial charge in [-0.25, -0.2) is 0 Å². The highest BCUT2D eigenvalue weighted by Gasteiger charge is 2.01. The van der Waals surface area contributed by atoms with Gasteiger partial charge in [-0.05, 0) is 36.6 Å². The van der Waals surface area contributed by atoms with Crippen molar-refractivity contribution in [3.8, 4) is 11.5 Å². The second-order valence-electron chi connectivity index (χ2n) is 3.53. The summed E-state index contributed by atoms with van der Waals surface area (Å²) in [6.07, 6.45) is 2.81. The van der Waals surface area contributed by atoms with Gasteiger partial charge in [0.1, 0.15) is 11.5 Å². The Bertz CT molecular complexity index is 297. The minimum Gasteiger partial charge on any atom is -0.508 e. The van der Waals surface area contributed by atoms with Crippen molar-refractivity contribution < 1.29 is 14.9 Å². The predicted molar refractivity (Wildman–Crippen MR) is 59.2 cm³/mol. The summed E-state index contributed by atoms with van der Waals surface area (Å²) in [7, 11) is 0. The molecule has 0 bridgehead atoms. The van der Waals surface area contributed by atoms with Gasteiger partial charge >= 0.3 is 0 Å². The predicted octanol–water partition coefficient (Wildman–Crippen LogP) is 2.46. The van der Waals surface area contributed by atoms with Crippen LogP contribution in [0.1, 0.15) is 25.3 Å². The van der Waals surface area contributed by atoms with Gasteiger partial charge in [0.15, 0.2) is 0 Å². The molecule has 0 amide bonds. The summed E-state index contributed by atoms with van der Waals surface area (Å²) in [5, 5.41) is 18.7. The van der Waals surface area contributed by atoms with Crippen LogP contribution in [0.2, 0.25) is 0 Å². The summed E-state index contributed by atoms with van der Waals surface area (Å²) in [4.78, 5) is 0. The number of unbranched alkanes of at least 4 members (excludes halogenated alkanes) is 1. The molecule has 0 fully saturated rings. The van der Waals surface area contributed by atoms with Crippen molar-refractivity contribution in [2.45, 2.75) is 26.2 Å². The van der Waals surface area contributed by atoms with E-state index < -0.39 is 0 Å². The summed E-state index contributed by atoms with van der Waals surface area (Å²) < 4.78 is 5.38. The molecule has 1 rings (SSSR count). The lowest BCUT2D eigenvalue weighted by atomic mass is 10.1. The van der Waals surface area contributed by atoms with E-state index in [1.807, 2.05) is 0 Å². The molecule has 1 aromatic rings. The number of aromatic hydroxyl groups is 2. The van der Waals surface area contributed by atoms with Crippen molar-refractivity contribution in [2.24, 2.45) is 0 Å². The van der Waals surface area contributed by atoms with Crippen LogP contribution in [0.5, 0.6) is 11.5 Å². The van der Waals surface area contributed by atoms with E-state index in [-0.39, 0.29) is 11.5 Å². The molecular formula is C12H18O3. The lowest BCUT2D eigenvalue weighted by Gasteiger charge is -2.06. The number of benzene rings is 1. The van der Waals surface area contributed by atoms with Crippen molar-refractivity contribution in [1.29, 1.82) is 0 Å². The first-order valence-corrected chi connectivity index (χ1v) is 5.32. The topological polar surface area (TPSA) is 49.7 Å². The summed E-state index contributed by atoms with van der Waals surface area (Å²) in [5.41, 5.74) is 0.728. The maximum Gasteiger partial charge on any atom is 0.119 e. The number of rotatable bonds is 6. The van der Waals surface area contributed by atoms with Crippen molar-refractivity contribution in [2.75, 3.05) is 13.2 Å². The number of ether oxygens (including phenoxy) is 1. The van der Waals surface area contributed by atoms with E-state index >= 15 is 0 Å². The SMILES string of the molecule is CCCCOCCc1cc(O)ccc1O. The van der Waals surface area contributed by atoms with E-state index in [0.29, 0.717) is 13.0 Å². The monoisotopic (exact) mass is 210 g/mol. The Hall–Kier alpha value is -1.22. The average Bonchev–Trinajstić information content (AvgIpc) is 2.23. The van der Waals surface area contributed by atoms with Crippen LogP contribution in [0.3, 0.4) is 0 Å². The maximum atomic E-state index is 9.47. The third-order valence-electron chi connectivity index (χ3n) is 2.22. The van der Waals surface area contributed by atoms with E-state index in [9.17, 15) is 10.2 Å². The summed E-state index contributed by atoms with van der Waals surface area (Å²) in [5.74, 6) is 0.392. The normalized spacial score (nSPS) is 10.5. The standard InChI is InChI=1S/C12H18O3/c1-2-3-7-15-8-6-10-9-11(13)4-5-12(10)14/h4-5,9,13-14H,2-3,6-8H2,1H3. The molecule has 0 saturated heterocycles. The lowest BCUT2D eigenvalue weighted by molar-refractivity contribution is 0.134. The van der Waals surface area contributed by atoms with Crippen LogP contribution in [0.15, 0.2) is 18.2 Å². The molecule has 84 valence electrons. The third-order valence-corrected chi connectivity index (χ3v) is 2.22. The highest BCUT2D eigenvalue weighted by molar-refractivity contribution is 5.38. The van der Waals surface area contributed by atoms with Gasteiger partial charge in [-0.1, -0.05) is 13.3 Å². The van der Waals surface area contributed by atoms with Crippen LogP contribution in [-0.4, -0.2) is 23.4 Å². The molecule has 0 aliphatic heterocycles. The molecule has 0 spiro atoms. The number of hydrogen-bond acceptors (Lipinski definition) is 3. The van der Waals surface area contributed by atoms with Gasteiger partial charge in [-0.15, -0.1) is 0 Å². The quantitative estimate of drug-likeness (QED) is 0.560. The van der Waals surface area contributed by atoms with Gasteiger partial charge in [-0.3, -0.25) is 0 Å². The first kappa shape index (κ1) is 11.9. The van der Waals surface area contributed by atoms with Crippen molar-refractivity contribution in [3.63, 3.8) is 0 Å². The maximum absolute atomic E-state index is 9.47. The van der Waals surface area contributed by atoms with E-state index in [1.165, 1.54) is 12.1 Å². The van der Waals surface area contributed by atoms with Gasteiger partial charge in [0.05, 0.1) is 6.61 Å². The van der Waals surface area contributed by atoms with E-state index in [1.54, 1.807) is 6.07 Å². The largest absolute Gasteiger partial charge is 0.508 e. The van der Waals surface area contributed by atoms with E-state index in [2.05, 4.69) is 6.92 Å². The molecule has 0 unspecified atom stereocenters. The fourth-order valence-corrected chi connectivity index (χ4v) is 1.30. The Kier molecular flexibility index (Phi) is 4.98. The molecule has 1 aromatic carbocycles. The Balaban J connectivity index is 2.33. The zero-order valence-electron chi connectivity index (χ0n) is 9.07. The second-order valence-corrected chi connectivity index (χ2v) is 3.53. The summed E-state index contributed by atoms with van der Waals surface area (Å²) >= 11 is 0.